The molecule has 2 aromatic rings. The molecule has 110 valence electrons. The van der Waals surface area contributed by atoms with Crippen LogP contribution in [0.25, 0.3) is 0 Å². The van der Waals surface area contributed by atoms with Gasteiger partial charge in [0.25, 0.3) is 0 Å². The lowest BCUT2D eigenvalue weighted by Crippen LogP contribution is -2.22. The van der Waals surface area contributed by atoms with Crippen LogP contribution in [-0.2, 0) is 4.79 Å². The fraction of sp³-hybridized carbons (Fsp3) is 0.188. The van der Waals surface area contributed by atoms with Crippen LogP contribution in [0.3, 0.4) is 0 Å². The minimum Gasteiger partial charge on any atom is -0.325 e. The molecule has 0 aromatic heterocycles. The monoisotopic (exact) mass is 339 g/mol. The second kappa shape index (κ2) is 7.21. The molecule has 2 aromatic carbocycles. The molecule has 0 aliphatic heterocycles. The van der Waals surface area contributed by atoms with Crippen LogP contribution >= 0.6 is 35.0 Å². The highest BCUT2D eigenvalue weighted by atomic mass is 35.5. The van der Waals surface area contributed by atoms with E-state index in [1.165, 1.54) is 11.8 Å². The van der Waals surface area contributed by atoms with E-state index in [0.717, 1.165) is 16.1 Å². The summed E-state index contributed by atoms with van der Waals surface area (Å²) in [7, 11) is 0. The summed E-state index contributed by atoms with van der Waals surface area (Å²) in [6, 6.07) is 13.0. The molecule has 1 atom stereocenters. The Kier molecular flexibility index (Phi) is 5.57. The lowest BCUT2D eigenvalue weighted by atomic mass is 10.2. The molecule has 2 nitrogen and oxygen atoms in total. The minimum atomic E-state index is -0.302. The first-order chi connectivity index (χ1) is 9.97. The van der Waals surface area contributed by atoms with Gasteiger partial charge in [0.15, 0.2) is 0 Å². The van der Waals surface area contributed by atoms with Crippen molar-refractivity contribution in [2.45, 2.75) is 24.0 Å². The van der Waals surface area contributed by atoms with E-state index in [4.69, 9.17) is 23.2 Å². The highest BCUT2D eigenvalue weighted by Gasteiger charge is 2.17. The van der Waals surface area contributed by atoms with Crippen LogP contribution in [0.5, 0.6) is 0 Å². The zero-order chi connectivity index (χ0) is 15.4. The molecular formula is C16H15Cl2NOS. The van der Waals surface area contributed by atoms with Gasteiger partial charge in [0, 0.05) is 10.6 Å². The molecule has 0 spiro atoms. The number of halogens is 2. The lowest BCUT2D eigenvalue weighted by Gasteiger charge is -2.14. The van der Waals surface area contributed by atoms with E-state index >= 15 is 0 Å². The van der Waals surface area contributed by atoms with E-state index in [-0.39, 0.29) is 11.2 Å². The Morgan fingerprint density at radius 1 is 1.10 bits per heavy atom. The number of aryl methyl sites for hydroxylation is 1. The third kappa shape index (κ3) is 4.40. The molecule has 0 fully saturated rings. The van der Waals surface area contributed by atoms with Crippen LogP contribution in [0.2, 0.25) is 10.0 Å². The van der Waals surface area contributed by atoms with E-state index in [0.29, 0.717) is 10.0 Å². The predicted octanol–water partition coefficient (Wildman–Crippen LogP) is 5.42. The summed E-state index contributed by atoms with van der Waals surface area (Å²) in [6.07, 6.45) is 0. The number of hydrogen-bond acceptors (Lipinski definition) is 2. The molecule has 0 radical (unpaired) electrons. The van der Waals surface area contributed by atoms with Crippen LogP contribution in [0, 0.1) is 6.92 Å². The van der Waals surface area contributed by atoms with E-state index < -0.39 is 0 Å². The van der Waals surface area contributed by atoms with Crippen molar-refractivity contribution in [1.82, 2.24) is 0 Å². The summed E-state index contributed by atoms with van der Waals surface area (Å²) in [4.78, 5) is 12.9. The number of carbonyl (C=O) groups is 1. The molecule has 0 saturated heterocycles. The van der Waals surface area contributed by atoms with Crippen molar-refractivity contribution in [3.8, 4) is 0 Å². The topological polar surface area (TPSA) is 29.1 Å². The quantitative estimate of drug-likeness (QED) is 0.753. The van der Waals surface area contributed by atoms with Gasteiger partial charge in [-0.15, -0.1) is 11.8 Å². The Morgan fingerprint density at radius 3 is 2.24 bits per heavy atom. The van der Waals surface area contributed by atoms with Gasteiger partial charge in [-0.05, 0) is 38.1 Å². The van der Waals surface area contributed by atoms with Gasteiger partial charge in [-0.25, -0.2) is 0 Å². The second-order valence-corrected chi connectivity index (χ2v) is 6.83. The van der Waals surface area contributed by atoms with Gasteiger partial charge in [-0.2, -0.15) is 0 Å². The van der Waals surface area contributed by atoms with E-state index in [1.54, 1.807) is 18.2 Å². The maximum absolute atomic E-state index is 12.2. The van der Waals surface area contributed by atoms with Gasteiger partial charge in [0.1, 0.15) is 0 Å². The normalized spacial score (nSPS) is 12.0. The maximum Gasteiger partial charge on any atom is 0.237 e. The highest BCUT2D eigenvalue weighted by molar-refractivity contribution is 8.00. The summed E-state index contributed by atoms with van der Waals surface area (Å²) in [5.74, 6) is -0.0835. The second-order valence-electron chi connectivity index (χ2n) is 4.67. The van der Waals surface area contributed by atoms with Crippen LogP contribution in [0.1, 0.15) is 12.5 Å². The lowest BCUT2D eigenvalue weighted by molar-refractivity contribution is -0.115. The third-order valence-corrected chi connectivity index (χ3v) is 5.00. The summed E-state index contributed by atoms with van der Waals surface area (Å²) >= 11 is 13.6. The summed E-state index contributed by atoms with van der Waals surface area (Å²) in [5, 5.41) is 3.70. The Labute approximate surface area is 138 Å². The molecule has 2 rings (SSSR count). The first-order valence-electron chi connectivity index (χ1n) is 6.45. The Morgan fingerprint density at radius 2 is 1.67 bits per heavy atom. The van der Waals surface area contributed by atoms with Crippen LogP contribution in [0.15, 0.2) is 47.4 Å². The van der Waals surface area contributed by atoms with Crippen molar-refractivity contribution in [3.63, 3.8) is 0 Å². The molecule has 1 amide bonds. The van der Waals surface area contributed by atoms with Crippen LogP contribution in [0.4, 0.5) is 5.69 Å². The third-order valence-electron chi connectivity index (χ3n) is 2.90. The number of carbonyl (C=O) groups excluding carboxylic acids is 1. The molecule has 0 bridgehead atoms. The minimum absolute atomic E-state index is 0.0835. The molecule has 0 saturated carbocycles. The first kappa shape index (κ1) is 16.2. The van der Waals surface area contributed by atoms with Gasteiger partial charge in [-0.3, -0.25) is 4.79 Å². The summed E-state index contributed by atoms with van der Waals surface area (Å²) in [6.45, 7) is 3.83. The fourth-order valence-corrected chi connectivity index (χ4v) is 3.25. The van der Waals surface area contributed by atoms with Crippen molar-refractivity contribution in [3.05, 3.63) is 58.1 Å². The zero-order valence-corrected chi connectivity index (χ0v) is 14.0. The fourth-order valence-electron chi connectivity index (χ4n) is 1.71. The Hall–Kier alpha value is -1.16. The molecule has 0 aliphatic carbocycles. The zero-order valence-electron chi connectivity index (χ0n) is 11.7. The molecule has 21 heavy (non-hydrogen) atoms. The van der Waals surface area contributed by atoms with Crippen LogP contribution < -0.4 is 5.32 Å². The average Bonchev–Trinajstić information content (AvgIpc) is 2.45. The molecule has 0 unspecified atom stereocenters. The number of thioether (sulfide) groups is 1. The van der Waals surface area contributed by atoms with Gasteiger partial charge < -0.3 is 5.32 Å². The maximum atomic E-state index is 12.2. The summed E-state index contributed by atoms with van der Waals surface area (Å²) < 4.78 is 0. The predicted molar refractivity (Wildman–Crippen MR) is 91.6 cm³/mol. The number of anilines is 1. The molecular weight excluding hydrogens is 325 g/mol. The number of benzene rings is 2. The average molecular weight is 340 g/mol. The van der Waals surface area contributed by atoms with E-state index in [2.05, 4.69) is 5.32 Å². The first-order valence-corrected chi connectivity index (χ1v) is 8.09. The van der Waals surface area contributed by atoms with Gasteiger partial charge in [0.05, 0.1) is 15.3 Å². The number of rotatable bonds is 4. The standard InChI is InChI=1S/C16H15Cl2NOS/c1-10-6-8-12(9-7-10)19-16(20)11(2)21-15-13(17)4-3-5-14(15)18/h3-9,11H,1-2H3,(H,19,20)/t11-/m1/s1. The van der Waals surface area contributed by atoms with Gasteiger partial charge >= 0.3 is 0 Å². The number of amides is 1. The van der Waals surface area contributed by atoms with Crippen molar-refractivity contribution in [2.24, 2.45) is 0 Å². The largest absolute Gasteiger partial charge is 0.325 e. The Balaban J connectivity index is 2.04. The molecule has 1 N–H and O–H groups in total. The van der Waals surface area contributed by atoms with Crippen molar-refractivity contribution in [1.29, 1.82) is 0 Å². The van der Waals surface area contributed by atoms with E-state index in [9.17, 15) is 4.79 Å². The highest BCUT2D eigenvalue weighted by Crippen LogP contribution is 2.36. The SMILES string of the molecule is Cc1ccc(NC(=O)[C@@H](C)Sc2c(Cl)cccc2Cl)cc1. The Bertz CT molecular complexity index is 623. The molecule has 0 aliphatic rings. The van der Waals surface area contributed by atoms with E-state index in [1.807, 2.05) is 38.1 Å². The smallest absolute Gasteiger partial charge is 0.237 e. The summed E-state index contributed by atoms with van der Waals surface area (Å²) in [5.41, 5.74) is 1.93. The van der Waals surface area contributed by atoms with Crippen molar-refractivity contribution in [2.75, 3.05) is 5.32 Å². The van der Waals surface area contributed by atoms with Crippen molar-refractivity contribution >= 4 is 46.6 Å². The van der Waals surface area contributed by atoms with Crippen molar-refractivity contribution < 1.29 is 4.79 Å². The molecule has 5 heteroatoms. The van der Waals surface area contributed by atoms with Gasteiger partial charge in [-0.1, -0.05) is 47.0 Å². The number of hydrogen-bond donors (Lipinski definition) is 1. The van der Waals surface area contributed by atoms with Crippen LogP contribution in [-0.4, -0.2) is 11.2 Å². The van der Waals surface area contributed by atoms with Gasteiger partial charge in [0.2, 0.25) is 5.91 Å². The molecule has 0 heterocycles. The number of nitrogens with one attached hydrogen (secondary N) is 1.